The van der Waals surface area contributed by atoms with Crippen molar-refractivity contribution in [1.82, 2.24) is 0 Å². The molecular weight excluding hydrogens is 323 g/mol. The van der Waals surface area contributed by atoms with Crippen LogP contribution in [-0.2, 0) is 25.7 Å². The first-order chi connectivity index (χ1) is 7.77. The molecule has 0 amide bonds. The summed E-state index contributed by atoms with van der Waals surface area (Å²) in [6.07, 6.45) is 0. The fraction of sp³-hybridized carbons (Fsp3) is 1.00. The zero-order valence-corrected chi connectivity index (χ0v) is 14.5. The standard InChI is InChI=1S/C12H28N.4O.Ru/c1-9(2)13(10(3)4,11(5)6)12(7)8;;;;;/h9-12H,1-8H3;;;;;/q+1;;;;-1;. The van der Waals surface area contributed by atoms with Gasteiger partial charge in [-0.3, -0.25) is 0 Å². The van der Waals surface area contributed by atoms with Crippen LogP contribution in [0.1, 0.15) is 55.4 Å². The Labute approximate surface area is 114 Å². The third-order valence-corrected chi connectivity index (χ3v) is 3.58. The van der Waals surface area contributed by atoms with E-state index in [1.807, 2.05) is 0 Å². The summed E-state index contributed by atoms with van der Waals surface area (Å²) in [6.45, 7) is 18.8. The van der Waals surface area contributed by atoms with Crippen molar-refractivity contribution >= 4 is 0 Å². The molecule has 0 aromatic carbocycles. The van der Waals surface area contributed by atoms with Crippen molar-refractivity contribution in [2.45, 2.75) is 79.6 Å². The van der Waals surface area contributed by atoms with E-state index in [0.717, 1.165) is 0 Å². The van der Waals surface area contributed by atoms with Crippen LogP contribution in [0, 0.1) is 0 Å². The average Bonchev–Trinajstić information content (AvgIpc) is 1.96. The molecule has 0 aliphatic rings. The Hall–Kier alpha value is -0.0566. The van der Waals surface area contributed by atoms with Gasteiger partial charge in [0.1, 0.15) is 0 Å². The zero-order chi connectivity index (χ0) is 15.3. The number of hydrogen-bond donors (Lipinski definition) is 0. The maximum atomic E-state index is 8.61. The van der Waals surface area contributed by atoms with Crippen LogP contribution in [0.3, 0.4) is 0 Å². The molecule has 0 aliphatic carbocycles. The van der Waals surface area contributed by atoms with Gasteiger partial charge in [0.05, 0.1) is 24.2 Å². The summed E-state index contributed by atoms with van der Waals surface area (Å²) in [6, 6.07) is 2.83. The molecule has 0 bridgehead atoms. The van der Waals surface area contributed by atoms with Gasteiger partial charge in [0.2, 0.25) is 0 Å². The average molecular weight is 351 g/mol. The van der Waals surface area contributed by atoms with Crippen molar-refractivity contribution in [1.29, 1.82) is 0 Å². The summed E-state index contributed by atoms with van der Waals surface area (Å²) in [7, 11) is 0. The van der Waals surface area contributed by atoms with E-state index in [1.165, 1.54) is 4.48 Å². The van der Waals surface area contributed by atoms with Crippen LogP contribution in [0.15, 0.2) is 0 Å². The molecule has 0 spiro atoms. The van der Waals surface area contributed by atoms with Crippen molar-refractivity contribution in [3.05, 3.63) is 0 Å². The quantitative estimate of drug-likeness (QED) is 0.573. The van der Waals surface area contributed by atoms with Gasteiger partial charge in [0.25, 0.3) is 0 Å². The Balaban J connectivity index is 0. The molecule has 0 aliphatic heterocycles. The van der Waals surface area contributed by atoms with E-state index in [0.29, 0.717) is 24.2 Å². The molecule has 5 nitrogen and oxygen atoms in total. The van der Waals surface area contributed by atoms with Crippen LogP contribution in [0.2, 0.25) is 0 Å². The molecule has 18 heavy (non-hydrogen) atoms. The van der Waals surface area contributed by atoms with Gasteiger partial charge >= 0.3 is 29.6 Å². The molecule has 0 saturated heterocycles. The molecule has 0 heterocycles. The molecule has 0 N–H and O–H groups in total. The number of quaternary nitrogens is 1. The fourth-order valence-corrected chi connectivity index (χ4v) is 3.58. The summed E-state index contributed by atoms with van der Waals surface area (Å²) in [4.78, 5) is 0. The maximum absolute atomic E-state index is 8.61. The summed E-state index contributed by atoms with van der Waals surface area (Å²) in [5.41, 5.74) is 0. The molecule has 113 valence electrons. The van der Waals surface area contributed by atoms with Crippen LogP contribution in [0.25, 0.3) is 0 Å². The van der Waals surface area contributed by atoms with Gasteiger partial charge in [-0.2, -0.15) is 0 Å². The number of nitrogens with zero attached hydrogens (tertiary/aromatic N) is 1. The Kier molecular flexibility index (Phi) is 8.46. The first-order valence-electron chi connectivity index (χ1n) is 6.23. The van der Waals surface area contributed by atoms with E-state index in [2.05, 4.69) is 55.4 Å². The zero-order valence-electron chi connectivity index (χ0n) is 12.7. The minimum absolute atomic E-state index is 0.708. The molecule has 0 rings (SSSR count). The Bertz CT molecular complexity index is 326. The van der Waals surface area contributed by atoms with Crippen molar-refractivity contribution in [2.24, 2.45) is 0 Å². The van der Waals surface area contributed by atoms with E-state index in [1.54, 1.807) is 0 Å². The predicted octanol–water partition coefficient (Wildman–Crippen LogP) is 1.89. The van der Waals surface area contributed by atoms with Crippen LogP contribution in [0.4, 0.5) is 0 Å². The molecule has 0 radical (unpaired) electrons. The number of hydrogen-bond acceptors (Lipinski definition) is 4. The van der Waals surface area contributed by atoms with Gasteiger partial charge in [-0.1, -0.05) is 0 Å². The molecule has 0 fully saturated rings. The first kappa shape index (κ1) is 20.3. The van der Waals surface area contributed by atoms with E-state index in [-0.39, 0.29) is 0 Å². The second-order valence-electron chi connectivity index (χ2n) is 5.62. The summed E-state index contributed by atoms with van der Waals surface area (Å²) in [5, 5.41) is 0. The molecule has 0 unspecified atom stereocenters. The fourth-order valence-electron chi connectivity index (χ4n) is 3.58. The van der Waals surface area contributed by atoms with Crippen LogP contribution in [0.5, 0.6) is 0 Å². The van der Waals surface area contributed by atoms with Gasteiger partial charge in [-0.15, -0.1) is 0 Å². The first-order valence-corrected chi connectivity index (χ1v) is 9.07. The second-order valence-corrected chi connectivity index (χ2v) is 7.36. The van der Waals surface area contributed by atoms with E-state index in [4.69, 9.17) is 14.7 Å². The van der Waals surface area contributed by atoms with Crippen molar-refractivity contribution in [3.63, 3.8) is 0 Å². The molecular formula is C12H28NO4Ru. The van der Waals surface area contributed by atoms with Gasteiger partial charge in [-0.05, 0) is 55.4 Å². The van der Waals surface area contributed by atoms with Crippen molar-refractivity contribution < 1.29 is 34.1 Å². The van der Waals surface area contributed by atoms with Gasteiger partial charge in [0.15, 0.2) is 0 Å². The Morgan fingerprint density at radius 1 is 0.667 bits per heavy atom. The SMILES string of the molecule is CC(C)[N+](C(C)C)(C(C)C)C(C)C.[O]=[Ru](=[O])(=[O])[O-]. The minimum atomic E-state index is -5.86. The van der Waals surface area contributed by atoms with Crippen LogP contribution in [-0.4, -0.2) is 28.7 Å². The van der Waals surface area contributed by atoms with Gasteiger partial charge < -0.3 is 4.48 Å². The molecule has 0 aromatic heterocycles. The van der Waals surface area contributed by atoms with E-state index >= 15 is 0 Å². The Morgan fingerprint density at radius 2 is 0.778 bits per heavy atom. The van der Waals surface area contributed by atoms with Gasteiger partial charge in [0, 0.05) is 0 Å². The van der Waals surface area contributed by atoms with E-state index < -0.39 is 15.0 Å². The molecule has 0 atom stereocenters. The number of rotatable bonds is 4. The normalized spacial score (nSPS) is 13.2. The summed E-state index contributed by atoms with van der Waals surface area (Å²) >= 11 is -5.86. The Morgan fingerprint density at radius 3 is 0.778 bits per heavy atom. The molecule has 6 heteroatoms. The second kappa shape index (κ2) is 7.51. The third-order valence-electron chi connectivity index (χ3n) is 3.58. The summed E-state index contributed by atoms with van der Waals surface area (Å²) in [5.74, 6) is 0. The third kappa shape index (κ3) is 6.21. The monoisotopic (exact) mass is 352 g/mol. The van der Waals surface area contributed by atoms with E-state index in [9.17, 15) is 0 Å². The molecule has 0 aromatic rings. The van der Waals surface area contributed by atoms with Crippen molar-refractivity contribution in [2.75, 3.05) is 0 Å². The van der Waals surface area contributed by atoms with Crippen LogP contribution < -0.4 is 3.93 Å². The van der Waals surface area contributed by atoms with Crippen LogP contribution >= 0.6 is 0 Å². The predicted molar refractivity (Wildman–Crippen MR) is 62.9 cm³/mol. The van der Waals surface area contributed by atoms with Crippen molar-refractivity contribution in [3.8, 4) is 0 Å². The van der Waals surface area contributed by atoms with Gasteiger partial charge in [-0.25, -0.2) is 0 Å². The topological polar surface area (TPSA) is 74.3 Å². The molecule has 0 saturated carbocycles. The summed E-state index contributed by atoms with van der Waals surface area (Å²) < 4.78 is 35.7.